The lowest BCUT2D eigenvalue weighted by Gasteiger charge is -2.38. The van der Waals surface area contributed by atoms with Gasteiger partial charge >= 0.3 is 5.97 Å². The van der Waals surface area contributed by atoms with Gasteiger partial charge in [0.15, 0.2) is 0 Å². The van der Waals surface area contributed by atoms with Gasteiger partial charge in [0.25, 0.3) is 0 Å². The smallest absolute Gasteiger partial charge is 0.325 e. The van der Waals surface area contributed by atoms with Gasteiger partial charge in [-0.05, 0) is 42.2 Å². The van der Waals surface area contributed by atoms with Crippen molar-refractivity contribution in [3.8, 4) is 0 Å². The molecule has 0 spiro atoms. The average molecular weight is 339 g/mol. The van der Waals surface area contributed by atoms with Crippen molar-refractivity contribution in [3.63, 3.8) is 0 Å². The second-order valence-electron chi connectivity index (χ2n) is 6.76. The van der Waals surface area contributed by atoms with Crippen LogP contribution in [0.2, 0.25) is 0 Å². The monoisotopic (exact) mass is 339 g/mol. The van der Waals surface area contributed by atoms with Crippen LogP contribution in [0.25, 0.3) is 0 Å². The zero-order valence-corrected chi connectivity index (χ0v) is 14.9. The molecule has 5 nitrogen and oxygen atoms in total. The molecule has 1 aliphatic heterocycles. The van der Waals surface area contributed by atoms with Crippen LogP contribution < -0.4 is 0 Å². The number of carboxylic acids is 1. The molecular weight excluding hydrogens is 314 g/mol. The summed E-state index contributed by atoms with van der Waals surface area (Å²) in [5.74, 6) is -0.774. The van der Waals surface area contributed by atoms with E-state index in [0.717, 1.165) is 43.9 Å². The first-order chi connectivity index (χ1) is 12.0. The molecule has 132 valence electrons. The van der Waals surface area contributed by atoms with E-state index >= 15 is 0 Å². The van der Waals surface area contributed by atoms with E-state index in [-0.39, 0.29) is 0 Å². The van der Waals surface area contributed by atoms with Crippen molar-refractivity contribution in [2.75, 3.05) is 26.2 Å². The van der Waals surface area contributed by atoms with E-state index in [1.54, 1.807) is 6.20 Å². The third-order valence-electron chi connectivity index (χ3n) is 4.98. The Bertz CT molecular complexity index is 725. The maximum Gasteiger partial charge on any atom is 0.325 e. The number of hydrogen-bond donors (Lipinski definition) is 1. The third-order valence-corrected chi connectivity index (χ3v) is 4.98. The number of piperazine rings is 1. The molecule has 3 rings (SSSR count). The Labute approximate surface area is 148 Å². The number of aromatic nitrogens is 1. The number of carboxylic acid groups (broad SMARTS) is 1. The maximum atomic E-state index is 11.9. The molecule has 25 heavy (non-hydrogen) atoms. The van der Waals surface area contributed by atoms with Crippen LogP contribution in [0, 0.1) is 13.8 Å². The van der Waals surface area contributed by atoms with Gasteiger partial charge in [-0.25, -0.2) is 0 Å². The highest BCUT2D eigenvalue weighted by molar-refractivity contribution is 5.75. The van der Waals surface area contributed by atoms with E-state index in [2.05, 4.69) is 20.9 Å². The molecule has 2 heterocycles. The van der Waals surface area contributed by atoms with Gasteiger partial charge in [0.1, 0.15) is 6.04 Å². The Morgan fingerprint density at radius 1 is 1.16 bits per heavy atom. The molecule has 0 radical (unpaired) electrons. The minimum absolute atomic E-state index is 0.570. The normalized spacial score (nSPS) is 17.4. The molecule has 0 unspecified atom stereocenters. The Morgan fingerprint density at radius 3 is 2.52 bits per heavy atom. The second-order valence-corrected chi connectivity index (χ2v) is 6.76. The molecule has 1 fully saturated rings. The van der Waals surface area contributed by atoms with Gasteiger partial charge in [0.2, 0.25) is 0 Å². The minimum atomic E-state index is -0.774. The van der Waals surface area contributed by atoms with Gasteiger partial charge in [0.05, 0.1) is 0 Å². The highest BCUT2D eigenvalue weighted by Crippen LogP contribution is 2.25. The summed E-state index contributed by atoms with van der Waals surface area (Å²) in [4.78, 5) is 20.5. The summed E-state index contributed by atoms with van der Waals surface area (Å²) in [7, 11) is 0. The summed E-state index contributed by atoms with van der Waals surface area (Å²) in [5, 5.41) is 9.78. The Morgan fingerprint density at radius 2 is 1.92 bits per heavy atom. The fourth-order valence-electron chi connectivity index (χ4n) is 3.37. The quantitative estimate of drug-likeness (QED) is 0.907. The van der Waals surface area contributed by atoms with Crippen molar-refractivity contribution in [3.05, 3.63) is 65.0 Å². The lowest BCUT2D eigenvalue weighted by atomic mass is 9.99. The largest absolute Gasteiger partial charge is 0.480 e. The van der Waals surface area contributed by atoms with Crippen LogP contribution in [0.15, 0.2) is 42.7 Å². The van der Waals surface area contributed by atoms with Gasteiger partial charge in [-0.15, -0.1) is 0 Å². The molecule has 1 N–H and O–H groups in total. The predicted molar refractivity (Wildman–Crippen MR) is 97.4 cm³/mol. The van der Waals surface area contributed by atoms with E-state index in [9.17, 15) is 9.90 Å². The summed E-state index contributed by atoms with van der Waals surface area (Å²) in [6, 6.07) is 9.43. The average Bonchev–Trinajstić information content (AvgIpc) is 2.60. The second kappa shape index (κ2) is 7.76. The lowest BCUT2D eigenvalue weighted by Crippen LogP contribution is -2.48. The standard InChI is InChI=1S/C20H25N3O2/c1-15-5-6-18(12-16(15)2)19(20(24)25)23-10-8-22(9-11-23)14-17-4-3-7-21-13-17/h3-7,12-13,19H,8-11,14H2,1-2H3,(H,24,25)/t19-/m0/s1. The van der Waals surface area contributed by atoms with Crippen LogP contribution in [0.4, 0.5) is 0 Å². The minimum Gasteiger partial charge on any atom is -0.480 e. The molecule has 1 aromatic heterocycles. The topological polar surface area (TPSA) is 56.7 Å². The van der Waals surface area contributed by atoms with Gasteiger partial charge in [0, 0.05) is 45.1 Å². The van der Waals surface area contributed by atoms with Gasteiger partial charge in [-0.2, -0.15) is 0 Å². The molecule has 0 aliphatic carbocycles. The Hall–Kier alpha value is -2.24. The predicted octanol–water partition coefficient (Wildman–Crippen LogP) is 2.64. The summed E-state index contributed by atoms with van der Waals surface area (Å²) >= 11 is 0. The summed E-state index contributed by atoms with van der Waals surface area (Å²) in [6.45, 7) is 8.18. The van der Waals surface area contributed by atoms with Gasteiger partial charge < -0.3 is 5.11 Å². The lowest BCUT2D eigenvalue weighted by molar-refractivity contribution is -0.144. The molecule has 1 atom stereocenters. The van der Waals surface area contributed by atoms with Crippen molar-refractivity contribution in [1.82, 2.24) is 14.8 Å². The summed E-state index contributed by atoms with van der Waals surface area (Å²) < 4.78 is 0. The maximum absolute atomic E-state index is 11.9. The summed E-state index contributed by atoms with van der Waals surface area (Å²) in [6.07, 6.45) is 3.67. The van der Waals surface area contributed by atoms with Crippen molar-refractivity contribution < 1.29 is 9.90 Å². The number of pyridine rings is 1. The first kappa shape index (κ1) is 17.6. The molecule has 1 saturated heterocycles. The molecule has 5 heteroatoms. The van der Waals surface area contributed by atoms with Crippen LogP contribution in [0.1, 0.15) is 28.3 Å². The van der Waals surface area contributed by atoms with E-state index < -0.39 is 12.0 Å². The number of carbonyl (C=O) groups is 1. The van der Waals surface area contributed by atoms with Gasteiger partial charge in [-0.1, -0.05) is 24.3 Å². The Kier molecular flexibility index (Phi) is 5.46. The SMILES string of the molecule is Cc1ccc([C@@H](C(=O)O)N2CCN(Cc3cccnc3)CC2)cc1C. The number of nitrogens with zero attached hydrogens (tertiary/aromatic N) is 3. The zero-order valence-electron chi connectivity index (χ0n) is 14.9. The van der Waals surface area contributed by atoms with Crippen molar-refractivity contribution >= 4 is 5.97 Å². The van der Waals surface area contributed by atoms with Crippen LogP contribution >= 0.6 is 0 Å². The fraction of sp³-hybridized carbons (Fsp3) is 0.400. The fourth-order valence-corrected chi connectivity index (χ4v) is 3.37. The summed E-state index contributed by atoms with van der Waals surface area (Å²) in [5.41, 5.74) is 4.39. The van der Waals surface area contributed by atoms with Crippen LogP contribution in [-0.4, -0.2) is 52.0 Å². The van der Waals surface area contributed by atoms with E-state index in [4.69, 9.17) is 0 Å². The van der Waals surface area contributed by atoms with E-state index in [1.165, 1.54) is 11.1 Å². The number of aliphatic carboxylic acids is 1. The zero-order chi connectivity index (χ0) is 17.8. The molecule has 0 amide bonds. The number of aryl methyl sites for hydroxylation is 2. The molecule has 1 aliphatic rings. The van der Waals surface area contributed by atoms with Crippen molar-refractivity contribution in [1.29, 1.82) is 0 Å². The number of hydrogen-bond acceptors (Lipinski definition) is 4. The van der Waals surface area contributed by atoms with Gasteiger partial charge in [-0.3, -0.25) is 19.6 Å². The number of benzene rings is 1. The molecule has 1 aromatic carbocycles. The third kappa shape index (κ3) is 4.24. The first-order valence-corrected chi connectivity index (χ1v) is 8.70. The molecular formula is C20H25N3O2. The highest BCUT2D eigenvalue weighted by atomic mass is 16.4. The van der Waals surface area contributed by atoms with Crippen LogP contribution in [0.5, 0.6) is 0 Å². The van der Waals surface area contributed by atoms with Crippen LogP contribution in [0.3, 0.4) is 0 Å². The Balaban J connectivity index is 1.66. The van der Waals surface area contributed by atoms with Crippen molar-refractivity contribution in [2.24, 2.45) is 0 Å². The first-order valence-electron chi connectivity index (χ1n) is 8.70. The molecule has 0 saturated carbocycles. The van der Waals surface area contributed by atoms with Crippen LogP contribution in [-0.2, 0) is 11.3 Å². The number of rotatable bonds is 5. The molecule has 0 bridgehead atoms. The van der Waals surface area contributed by atoms with E-state index in [1.807, 2.05) is 44.3 Å². The molecule has 2 aromatic rings. The highest BCUT2D eigenvalue weighted by Gasteiger charge is 2.30. The van der Waals surface area contributed by atoms with E-state index in [0.29, 0.717) is 0 Å². The van der Waals surface area contributed by atoms with Crippen molar-refractivity contribution in [2.45, 2.75) is 26.4 Å².